The number of nitrogens with one attached hydrogen (secondary N) is 1. The van der Waals surface area contributed by atoms with E-state index in [-0.39, 0.29) is 5.91 Å². The van der Waals surface area contributed by atoms with E-state index in [2.05, 4.69) is 20.0 Å². The quantitative estimate of drug-likeness (QED) is 0.582. The summed E-state index contributed by atoms with van der Waals surface area (Å²) in [5.74, 6) is 0.345. The fourth-order valence-electron chi connectivity index (χ4n) is 3.34. The molecule has 8 heteroatoms. The van der Waals surface area contributed by atoms with Crippen LogP contribution in [0.1, 0.15) is 52.1 Å². The summed E-state index contributed by atoms with van der Waals surface area (Å²) in [6.45, 7) is 7.85. The number of aryl methyl sites for hydroxylation is 4. The van der Waals surface area contributed by atoms with E-state index in [0.29, 0.717) is 24.3 Å². The van der Waals surface area contributed by atoms with E-state index in [1.807, 2.05) is 26.8 Å². The Morgan fingerprint density at radius 2 is 1.96 bits per heavy atom. The Kier molecular flexibility index (Phi) is 5.77. The second-order valence-corrected chi connectivity index (χ2v) is 6.83. The van der Waals surface area contributed by atoms with Gasteiger partial charge in [-0.15, -0.1) is 0 Å². The number of carbonyl (C=O) groups is 2. The minimum atomic E-state index is -0.454. The van der Waals surface area contributed by atoms with Crippen LogP contribution in [0, 0.1) is 13.8 Å². The highest BCUT2D eigenvalue weighted by Gasteiger charge is 2.13. The average molecular weight is 382 g/mol. The first-order chi connectivity index (χ1) is 13.4. The smallest absolute Gasteiger partial charge is 0.269 e. The van der Waals surface area contributed by atoms with Crippen molar-refractivity contribution in [2.24, 2.45) is 5.73 Å². The first kappa shape index (κ1) is 19.6. The Balaban J connectivity index is 1.55. The molecule has 0 fully saturated rings. The summed E-state index contributed by atoms with van der Waals surface area (Å²) >= 11 is 0. The van der Waals surface area contributed by atoms with Crippen molar-refractivity contribution in [3.05, 3.63) is 47.0 Å². The van der Waals surface area contributed by atoms with Gasteiger partial charge in [0, 0.05) is 25.2 Å². The fraction of sp³-hybridized carbons (Fsp3) is 0.400. The molecule has 0 aliphatic heterocycles. The number of hydrogen-bond donors (Lipinski definition) is 2. The molecule has 3 aromatic rings. The zero-order chi connectivity index (χ0) is 20.3. The SMILES string of the molecule is CCn1nc(C)cc1C(=O)NCCCCn1c(C)nc2cc(C(N)=O)ccc21. The Hall–Kier alpha value is -3.16. The summed E-state index contributed by atoms with van der Waals surface area (Å²) in [5, 5.41) is 7.26. The third-order valence-electron chi connectivity index (χ3n) is 4.75. The molecular weight excluding hydrogens is 356 g/mol. The largest absolute Gasteiger partial charge is 0.366 e. The van der Waals surface area contributed by atoms with Crippen molar-refractivity contribution in [1.29, 1.82) is 0 Å². The van der Waals surface area contributed by atoms with Crippen molar-refractivity contribution in [2.45, 2.75) is 46.7 Å². The van der Waals surface area contributed by atoms with E-state index >= 15 is 0 Å². The van der Waals surface area contributed by atoms with Gasteiger partial charge in [0.1, 0.15) is 11.5 Å². The Labute approximate surface area is 163 Å². The lowest BCUT2D eigenvalue weighted by atomic mass is 10.2. The molecule has 0 saturated carbocycles. The Bertz CT molecular complexity index is 1020. The van der Waals surface area contributed by atoms with Crippen LogP contribution in [0.2, 0.25) is 0 Å². The van der Waals surface area contributed by atoms with Gasteiger partial charge in [-0.3, -0.25) is 14.3 Å². The van der Waals surface area contributed by atoms with Crippen LogP contribution in [-0.2, 0) is 13.1 Å². The molecule has 3 rings (SSSR count). The van der Waals surface area contributed by atoms with E-state index in [4.69, 9.17) is 5.73 Å². The molecule has 0 atom stereocenters. The van der Waals surface area contributed by atoms with Gasteiger partial charge in [-0.05, 0) is 57.9 Å². The van der Waals surface area contributed by atoms with Crippen molar-refractivity contribution >= 4 is 22.8 Å². The van der Waals surface area contributed by atoms with Crippen molar-refractivity contribution in [3.8, 4) is 0 Å². The first-order valence-corrected chi connectivity index (χ1v) is 9.50. The van der Waals surface area contributed by atoms with Crippen molar-refractivity contribution in [1.82, 2.24) is 24.6 Å². The number of amides is 2. The summed E-state index contributed by atoms with van der Waals surface area (Å²) in [6.07, 6.45) is 1.75. The lowest BCUT2D eigenvalue weighted by Crippen LogP contribution is -2.27. The van der Waals surface area contributed by atoms with Gasteiger partial charge >= 0.3 is 0 Å². The van der Waals surface area contributed by atoms with Crippen LogP contribution in [0.4, 0.5) is 0 Å². The number of unbranched alkanes of at least 4 members (excludes halogenated alkanes) is 1. The number of rotatable bonds is 8. The standard InChI is InChI=1S/C20H26N6O2/c1-4-26-18(11-13(2)24-26)20(28)22-9-5-6-10-25-14(3)23-16-12-15(19(21)27)7-8-17(16)25/h7-8,11-12H,4-6,9-10H2,1-3H3,(H2,21,27)(H,22,28). The van der Waals surface area contributed by atoms with Crippen molar-refractivity contribution in [3.63, 3.8) is 0 Å². The highest BCUT2D eigenvalue weighted by Crippen LogP contribution is 2.18. The molecule has 2 amide bonds. The number of aromatic nitrogens is 4. The summed E-state index contributed by atoms with van der Waals surface area (Å²) in [4.78, 5) is 28.2. The molecule has 2 aromatic heterocycles. The Morgan fingerprint density at radius 1 is 1.18 bits per heavy atom. The Morgan fingerprint density at radius 3 is 2.68 bits per heavy atom. The molecule has 0 radical (unpaired) electrons. The van der Waals surface area contributed by atoms with Gasteiger partial charge in [0.05, 0.1) is 16.7 Å². The van der Waals surface area contributed by atoms with Gasteiger partial charge < -0.3 is 15.6 Å². The summed E-state index contributed by atoms with van der Waals surface area (Å²) in [6, 6.07) is 7.13. The summed E-state index contributed by atoms with van der Waals surface area (Å²) in [5.41, 5.74) is 8.98. The van der Waals surface area contributed by atoms with Crippen LogP contribution in [0.15, 0.2) is 24.3 Å². The van der Waals surface area contributed by atoms with E-state index < -0.39 is 5.91 Å². The third kappa shape index (κ3) is 4.05. The van der Waals surface area contributed by atoms with Crippen LogP contribution in [0.3, 0.4) is 0 Å². The predicted molar refractivity (Wildman–Crippen MR) is 107 cm³/mol. The second-order valence-electron chi connectivity index (χ2n) is 6.83. The van der Waals surface area contributed by atoms with E-state index in [9.17, 15) is 9.59 Å². The van der Waals surface area contributed by atoms with Crippen LogP contribution < -0.4 is 11.1 Å². The summed E-state index contributed by atoms with van der Waals surface area (Å²) in [7, 11) is 0. The maximum Gasteiger partial charge on any atom is 0.269 e. The van der Waals surface area contributed by atoms with Gasteiger partial charge in [0.15, 0.2) is 0 Å². The zero-order valence-electron chi connectivity index (χ0n) is 16.5. The minimum Gasteiger partial charge on any atom is -0.366 e. The minimum absolute atomic E-state index is 0.0920. The second kappa shape index (κ2) is 8.24. The van der Waals surface area contributed by atoms with Gasteiger partial charge in [-0.25, -0.2) is 4.98 Å². The zero-order valence-corrected chi connectivity index (χ0v) is 16.5. The maximum absolute atomic E-state index is 12.3. The van der Waals surface area contributed by atoms with Gasteiger partial charge in [0.25, 0.3) is 5.91 Å². The molecule has 28 heavy (non-hydrogen) atoms. The van der Waals surface area contributed by atoms with Gasteiger partial charge in [0.2, 0.25) is 5.91 Å². The lowest BCUT2D eigenvalue weighted by Gasteiger charge is -2.09. The third-order valence-corrected chi connectivity index (χ3v) is 4.75. The monoisotopic (exact) mass is 382 g/mol. The number of carbonyl (C=O) groups excluding carboxylic acids is 2. The predicted octanol–water partition coefficient (Wildman–Crippen LogP) is 2.18. The number of nitrogens with two attached hydrogens (primary N) is 1. The lowest BCUT2D eigenvalue weighted by molar-refractivity contribution is 0.0941. The van der Waals surface area contributed by atoms with Gasteiger partial charge in [-0.2, -0.15) is 5.10 Å². The van der Waals surface area contributed by atoms with E-state index in [1.54, 1.807) is 22.9 Å². The molecule has 0 aliphatic carbocycles. The van der Waals surface area contributed by atoms with Crippen LogP contribution in [0.25, 0.3) is 11.0 Å². The molecule has 3 N–H and O–H groups in total. The molecule has 0 saturated heterocycles. The van der Waals surface area contributed by atoms with Crippen molar-refractivity contribution in [2.75, 3.05) is 6.54 Å². The van der Waals surface area contributed by atoms with E-state index in [1.165, 1.54) is 0 Å². The average Bonchev–Trinajstić information content (AvgIpc) is 3.19. The number of fused-ring (bicyclic) bond motifs is 1. The molecular formula is C20H26N6O2. The molecule has 8 nitrogen and oxygen atoms in total. The topological polar surface area (TPSA) is 108 Å². The highest BCUT2D eigenvalue weighted by molar-refractivity contribution is 5.96. The van der Waals surface area contributed by atoms with Crippen molar-refractivity contribution < 1.29 is 9.59 Å². The molecule has 148 valence electrons. The maximum atomic E-state index is 12.3. The number of benzene rings is 1. The number of nitrogens with zero attached hydrogens (tertiary/aromatic N) is 4. The molecule has 2 heterocycles. The molecule has 0 aliphatic rings. The van der Waals surface area contributed by atoms with E-state index in [0.717, 1.165) is 41.9 Å². The molecule has 0 unspecified atom stereocenters. The number of hydrogen-bond acceptors (Lipinski definition) is 4. The molecule has 0 bridgehead atoms. The number of primary amides is 1. The molecule has 0 spiro atoms. The van der Waals surface area contributed by atoms with Crippen LogP contribution in [-0.4, -0.2) is 37.7 Å². The highest BCUT2D eigenvalue weighted by atomic mass is 16.2. The first-order valence-electron chi connectivity index (χ1n) is 9.50. The fourth-order valence-corrected chi connectivity index (χ4v) is 3.34. The molecule has 1 aromatic carbocycles. The number of imidazole rings is 1. The normalized spacial score (nSPS) is 11.1. The summed E-state index contributed by atoms with van der Waals surface area (Å²) < 4.78 is 3.84. The van der Waals surface area contributed by atoms with Crippen LogP contribution >= 0.6 is 0 Å². The van der Waals surface area contributed by atoms with Crippen LogP contribution in [0.5, 0.6) is 0 Å². The van der Waals surface area contributed by atoms with Gasteiger partial charge in [-0.1, -0.05) is 0 Å².